The Morgan fingerprint density at radius 1 is 0.209 bits per heavy atom. The van der Waals surface area contributed by atoms with Crippen molar-refractivity contribution >= 4 is 22.1 Å². The third kappa shape index (κ3) is 12.8. The molecule has 0 atom stereocenters. The monoisotopic (exact) mass is 1400 g/mol. The first kappa shape index (κ1) is 67.6. The minimum Gasteiger partial charge on any atom is -0.238 e. The maximum Gasteiger partial charge on any atom is 0.187 e. The van der Waals surface area contributed by atoms with Crippen LogP contribution >= 0.6 is 0 Å². The standard InChI is InChI=1S/C56H39N3.C48H33N3/c1-56(2)51-33-30-47(34-50(51)49-32-31-48(57-3)35-52(49)56)43-16-14-41(15-17-43)42-20-26-45(27-21-42)54-36-53(44-24-18-39(19-25-44)37-10-6-4-7-11-37)58-55(59-54)46-28-22-40(23-29-46)38-12-8-5-9-13-38;1-48(2)42-15-9-14-40(46(42)41-27-26-39(49-3)29-43(41)48)34-21-16-32(17-22-34)33-18-23-36(24-19-33)47-50-44(35-11-5-4-6-12-35)30-45(51-47)38-25-20-31-10-7-8-13-37(31)28-38/h4-36H,1-2H3;4-30H,1-2H3. The van der Waals surface area contributed by atoms with Crippen molar-refractivity contribution in [3.05, 3.63) is 409 Å². The van der Waals surface area contributed by atoms with Gasteiger partial charge in [-0.2, -0.15) is 0 Å². The van der Waals surface area contributed by atoms with Gasteiger partial charge in [0.05, 0.1) is 35.9 Å². The molecule has 518 valence electrons. The molecule has 2 aliphatic rings. The molecule has 6 nitrogen and oxygen atoms in total. The fourth-order valence-electron chi connectivity index (χ4n) is 16.0. The van der Waals surface area contributed by atoms with Gasteiger partial charge in [0, 0.05) is 44.2 Å². The van der Waals surface area contributed by atoms with Gasteiger partial charge in [0.15, 0.2) is 23.0 Å². The van der Waals surface area contributed by atoms with E-state index in [0.717, 1.165) is 84.0 Å². The van der Waals surface area contributed by atoms with Crippen LogP contribution in [0.3, 0.4) is 0 Å². The van der Waals surface area contributed by atoms with Crippen molar-refractivity contribution < 1.29 is 0 Å². The smallest absolute Gasteiger partial charge is 0.187 e. The van der Waals surface area contributed by atoms with Crippen LogP contribution in [0.5, 0.6) is 0 Å². The number of aromatic nitrogens is 4. The molecule has 17 aromatic rings. The Bertz CT molecular complexity index is 6350. The first-order valence-electron chi connectivity index (χ1n) is 37.3. The molecule has 2 aromatic heterocycles. The van der Waals surface area contributed by atoms with Crippen molar-refractivity contribution in [2.24, 2.45) is 0 Å². The molecule has 0 N–H and O–H groups in total. The zero-order valence-corrected chi connectivity index (χ0v) is 61.3. The molecule has 15 aromatic carbocycles. The van der Waals surface area contributed by atoms with Gasteiger partial charge in [-0.1, -0.05) is 367 Å². The highest BCUT2D eigenvalue weighted by Crippen LogP contribution is 2.54. The number of rotatable bonds is 12. The Morgan fingerprint density at radius 3 is 1.03 bits per heavy atom. The number of hydrogen-bond acceptors (Lipinski definition) is 4. The maximum atomic E-state index is 7.54. The molecule has 110 heavy (non-hydrogen) atoms. The molecular weight excluding hydrogens is 1330 g/mol. The quantitative estimate of drug-likeness (QED) is 0.114. The van der Waals surface area contributed by atoms with E-state index in [1.54, 1.807) is 0 Å². The van der Waals surface area contributed by atoms with Crippen LogP contribution in [0.4, 0.5) is 11.4 Å². The summed E-state index contributed by atoms with van der Waals surface area (Å²) in [5.41, 5.74) is 34.8. The third-order valence-electron chi connectivity index (χ3n) is 22.1. The zero-order chi connectivity index (χ0) is 74.5. The van der Waals surface area contributed by atoms with E-state index >= 15 is 0 Å². The van der Waals surface area contributed by atoms with Gasteiger partial charge in [-0.3, -0.25) is 0 Å². The first-order chi connectivity index (χ1) is 53.9. The van der Waals surface area contributed by atoms with Crippen LogP contribution in [-0.4, -0.2) is 19.9 Å². The second kappa shape index (κ2) is 28.2. The van der Waals surface area contributed by atoms with Crippen molar-refractivity contribution in [2.45, 2.75) is 38.5 Å². The van der Waals surface area contributed by atoms with E-state index in [4.69, 9.17) is 33.1 Å². The summed E-state index contributed by atoms with van der Waals surface area (Å²) in [6, 6.07) is 128. The van der Waals surface area contributed by atoms with Crippen LogP contribution in [0.25, 0.3) is 177 Å². The van der Waals surface area contributed by atoms with E-state index in [9.17, 15) is 0 Å². The van der Waals surface area contributed by atoms with E-state index < -0.39 is 0 Å². The highest BCUT2D eigenvalue weighted by Gasteiger charge is 2.38. The van der Waals surface area contributed by atoms with Crippen molar-refractivity contribution in [1.82, 2.24) is 19.9 Å². The summed E-state index contributed by atoms with van der Waals surface area (Å²) in [4.78, 5) is 27.8. The first-order valence-corrected chi connectivity index (χ1v) is 37.3. The average molecular weight is 1410 g/mol. The fraction of sp³-hybridized carbons (Fsp3) is 0.0577. The van der Waals surface area contributed by atoms with Gasteiger partial charge in [-0.15, -0.1) is 0 Å². The van der Waals surface area contributed by atoms with Crippen LogP contribution < -0.4 is 0 Å². The van der Waals surface area contributed by atoms with Crippen molar-refractivity contribution in [1.29, 1.82) is 0 Å². The molecule has 0 aliphatic heterocycles. The lowest BCUT2D eigenvalue weighted by Crippen LogP contribution is -2.14. The van der Waals surface area contributed by atoms with E-state index in [0.29, 0.717) is 23.0 Å². The summed E-state index contributed by atoms with van der Waals surface area (Å²) in [7, 11) is 0. The van der Waals surface area contributed by atoms with E-state index in [1.165, 1.54) is 94.2 Å². The second-order valence-corrected chi connectivity index (χ2v) is 29.5. The Hall–Kier alpha value is -14.3. The summed E-state index contributed by atoms with van der Waals surface area (Å²) >= 11 is 0. The van der Waals surface area contributed by atoms with Crippen LogP contribution in [-0.2, 0) is 10.8 Å². The van der Waals surface area contributed by atoms with Gasteiger partial charge in [0.1, 0.15) is 0 Å². The van der Waals surface area contributed by atoms with E-state index in [2.05, 4.69) is 359 Å². The van der Waals surface area contributed by atoms with Gasteiger partial charge in [0.25, 0.3) is 0 Å². The largest absolute Gasteiger partial charge is 0.238 e. The van der Waals surface area contributed by atoms with E-state index in [-0.39, 0.29) is 10.8 Å². The van der Waals surface area contributed by atoms with Crippen LogP contribution in [0.2, 0.25) is 0 Å². The normalized spacial score (nSPS) is 12.5. The van der Waals surface area contributed by atoms with Crippen molar-refractivity contribution in [3.8, 4) is 157 Å². The predicted molar refractivity (Wildman–Crippen MR) is 454 cm³/mol. The summed E-state index contributed by atoms with van der Waals surface area (Å²) < 4.78 is 0. The molecule has 2 heterocycles. The molecule has 0 spiro atoms. The summed E-state index contributed by atoms with van der Waals surface area (Å²) in [5, 5.41) is 2.40. The summed E-state index contributed by atoms with van der Waals surface area (Å²) in [6.07, 6.45) is 0. The van der Waals surface area contributed by atoms with Gasteiger partial charge >= 0.3 is 0 Å². The number of fused-ring (bicyclic) bond motifs is 7. The Kier molecular flexibility index (Phi) is 17.3. The van der Waals surface area contributed by atoms with E-state index in [1.807, 2.05) is 42.5 Å². The summed E-state index contributed by atoms with van der Waals surface area (Å²) in [5.74, 6) is 1.39. The minimum absolute atomic E-state index is 0.142. The lowest BCUT2D eigenvalue weighted by molar-refractivity contribution is 0.660. The lowest BCUT2D eigenvalue weighted by atomic mass is 9.82. The Labute approximate surface area is 642 Å². The molecular formula is C104H72N6. The average Bonchev–Trinajstić information content (AvgIpc) is 1.58. The highest BCUT2D eigenvalue weighted by molar-refractivity contribution is 5.95. The van der Waals surface area contributed by atoms with Crippen molar-refractivity contribution in [3.63, 3.8) is 0 Å². The highest BCUT2D eigenvalue weighted by atomic mass is 14.9. The van der Waals surface area contributed by atoms with Crippen molar-refractivity contribution in [2.75, 3.05) is 0 Å². The number of benzene rings is 15. The maximum absolute atomic E-state index is 7.54. The van der Waals surface area contributed by atoms with Crippen LogP contribution in [0.15, 0.2) is 364 Å². The second-order valence-electron chi connectivity index (χ2n) is 29.5. The molecule has 0 bridgehead atoms. The molecule has 0 fully saturated rings. The number of hydrogen-bond donors (Lipinski definition) is 0. The lowest BCUT2D eigenvalue weighted by Gasteiger charge is -2.22. The van der Waals surface area contributed by atoms with Gasteiger partial charge < -0.3 is 0 Å². The predicted octanol–water partition coefficient (Wildman–Crippen LogP) is 27.8. The van der Waals surface area contributed by atoms with Gasteiger partial charge in [-0.05, 0) is 146 Å². The Balaban J connectivity index is 0.000000156. The SMILES string of the molecule is [C-]#[N+]c1ccc2c(c1)C(C)(C)c1ccc(-c3ccc(-c4ccc(-c5cc(-c6ccc(-c7ccccc7)cc6)nc(-c6ccc(-c7ccccc7)cc6)n5)cc4)cc3)cc1-2.[C-]#[N+]c1ccc2c(c1)C(C)(C)c1cccc(-c3ccc(-c4ccc(-c5nc(-c6ccccc6)cc(-c6ccc7ccccc7c6)n5)cc4)cc3)c1-2. The number of nitrogens with zero attached hydrogens (tertiary/aromatic N) is 6. The minimum atomic E-state index is -0.163. The molecule has 0 amide bonds. The molecule has 2 aliphatic carbocycles. The third-order valence-corrected chi connectivity index (χ3v) is 22.1. The molecule has 6 heteroatoms. The molecule has 0 saturated heterocycles. The van der Waals surface area contributed by atoms with Crippen LogP contribution in [0, 0.1) is 13.1 Å². The summed E-state index contributed by atoms with van der Waals surface area (Å²) in [6.45, 7) is 24.1. The molecule has 0 saturated carbocycles. The topological polar surface area (TPSA) is 60.3 Å². The molecule has 0 radical (unpaired) electrons. The Morgan fingerprint density at radius 2 is 0.555 bits per heavy atom. The molecule has 0 unspecified atom stereocenters. The van der Waals surface area contributed by atoms with Crippen LogP contribution in [0.1, 0.15) is 49.9 Å². The van der Waals surface area contributed by atoms with Gasteiger partial charge in [-0.25, -0.2) is 29.6 Å². The zero-order valence-electron chi connectivity index (χ0n) is 61.3. The van der Waals surface area contributed by atoms with Gasteiger partial charge in [0.2, 0.25) is 0 Å². The fourth-order valence-corrected chi connectivity index (χ4v) is 16.0. The molecule has 19 rings (SSSR count).